The molecule has 0 bridgehead atoms. The molecule has 1 fully saturated rings. The van der Waals surface area contributed by atoms with E-state index in [1.807, 2.05) is 41.0 Å². The van der Waals surface area contributed by atoms with Crippen LogP contribution >= 0.6 is 11.8 Å². The molecule has 5 rings (SSSR count). The van der Waals surface area contributed by atoms with E-state index >= 15 is 0 Å². The smallest absolute Gasteiger partial charge is 0.187 e. The predicted molar refractivity (Wildman–Crippen MR) is 150 cm³/mol. The molecule has 0 radical (unpaired) electrons. The fourth-order valence-corrected chi connectivity index (χ4v) is 5.60. The van der Waals surface area contributed by atoms with Crippen LogP contribution < -0.4 is 4.74 Å². The van der Waals surface area contributed by atoms with Gasteiger partial charge in [-0.25, -0.2) is 4.98 Å². The number of hydrogen-bond donors (Lipinski definition) is 0. The maximum absolute atomic E-state index is 6.60. The van der Waals surface area contributed by atoms with Crippen LogP contribution in [-0.4, -0.2) is 40.9 Å². The van der Waals surface area contributed by atoms with E-state index in [0.29, 0.717) is 13.2 Å². The molecule has 6 heteroatoms. The number of aromatic nitrogens is 2. The molecule has 1 aliphatic rings. The van der Waals surface area contributed by atoms with Crippen molar-refractivity contribution in [2.24, 2.45) is 0 Å². The summed E-state index contributed by atoms with van der Waals surface area (Å²) in [6.45, 7) is 3.35. The number of ether oxygens (including phenoxy) is 3. The quantitative estimate of drug-likeness (QED) is 0.227. The minimum Gasteiger partial charge on any atom is -0.497 e. The molecule has 1 aromatic heterocycles. The third kappa shape index (κ3) is 6.83. The highest BCUT2D eigenvalue weighted by molar-refractivity contribution is 7.98. The number of benzene rings is 3. The Labute approximate surface area is 223 Å². The van der Waals surface area contributed by atoms with Crippen LogP contribution in [0.4, 0.5) is 0 Å². The Balaban J connectivity index is 1.15. The third-order valence-corrected chi connectivity index (χ3v) is 7.91. The summed E-state index contributed by atoms with van der Waals surface area (Å²) in [5.74, 6) is 2.07. The van der Waals surface area contributed by atoms with Crippen molar-refractivity contribution >= 4 is 11.8 Å². The van der Waals surface area contributed by atoms with Crippen molar-refractivity contribution in [1.29, 1.82) is 0 Å². The maximum atomic E-state index is 6.60. The Morgan fingerprint density at radius 3 is 2.35 bits per heavy atom. The van der Waals surface area contributed by atoms with Crippen molar-refractivity contribution in [2.75, 3.05) is 19.5 Å². The summed E-state index contributed by atoms with van der Waals surface area (Å²) in [5.41, 5.74) is 6.35. The van der Waals surface area contributed by atoms with E-state index in [-0.39, 0.29) is 6.10 Å². The van der Waals surface area contributed by atoms with E-state index in [0.717, 1.165) is 30.1 Å². The first kappa shape index (κ1) is 25.6. The second kappa shape index (κ2) is 12.0. The highest BCUT2D eigenvalue weighted by Gasteiger charge is 2.41. The molecule has 0 N–H and O–H groups in total. The van der Waals surface area contributed by atoms with Gasteiger partial charge in [0.2, 0.25) is 0 Å². The zero-order valence-electron chi connectivity index (χ0n) is 21.5. The average Bonchev–Trinajstić information content (AvgIpc) is 3.59. The topological polar surface area (TPSA) is 45.5 Å². The first-order valence-electron chi connectivity index (χ1n) is 12.7. The van der Waals surface area contributed by atoms with Crippen molar-refractivity contribution in [3.63, 3.8) is 0 Å². The summed E-state index contributed by atoms with van der Waals surface area (Å²) in [6.07, 6.45) is 7.29. The van der Waals surface area contributed by atoms with Gasteiger partial charge in [0.15, 0.2) is 5.79 Å². The Kier molecular flexibility index (Phi) is 8.29. The van der Waals surface area contributed by atoms with Gasteiger partial charge < -0.3 is 18.8 Å². The van der Waals surface area contributed by atoms with Crippen LogP contribution in [0.15, 0.2) is 91.5 Å². The van der Waals surface area contributed by atoms with E-state index < -0.39 is 5.79 Å². The number of rotatable bonds is 11. The Morgan fingerprint density at radius 2 is 1.68 bits per heavy atom. The van der Waals surface area contributed by atoms with Crippen LogP contribution in [0.2, 0.25) is 0 Å². The maximum Gasteiger partial charge on any atom is 0.187 e. The summed E-state index contributed by atoms with van der Waals surface area (Å²) < 4.78 is 20.3. The summed E-state index contributed by atoms with van der Waals surface area (Å²) >= 11 is 1.90. The van der Waals surface area contributed by atoms with E-state index in [2.05, 4.69) is 72.6 Å². The minimum atomic E-state index is -0.651. The van der Waals surface area contributed by atoms with Gasteiger partial charge in [-0.05, 0) is 47.7 Å². The summed E-state index contributed by atoms with van der Waals surface area (Å²) in [5, 5.41) is 0. The van der Waals surface area contributed by atoms with E-state index in [4.69, 9.17) is 14.2 Å². The molecule has 4 aromatic rings. The predicted octanol–water partition coefficient (Wildman–Crippen LogP) is 6.55. The second-order valence-corrected chi connectivity index (χ2v) is 10.7. The number of thioether (sulfide) groups is 1. The molecule has 2 atom stereocenters. The lowest BCUT2D eigenvalue weighted by Gasteiger charge is -2.28. The number of methoxy groups -OCH3 is 1. The Hall–Kier alpha value is -3.06. The van der Waals surface area contributed by atoms with Gasteiger partial charge in [0.05, 0.1) is 32.7 Å². The fraction of sp³-hybridized carbons (Fsp3) is 0.323. The van der Waals surface area contributed by atoms with Gasteiger partial charge in [-0.1, -0.05) is 66.2 Å². The fourth-order valence-electron chi connectivity index (χ4n) is 4.62. The molecule has 1 saturated heterocycles. The van der Waals surface area contributed by atoms with Gasteiger partial charge >= 0.3 is 0 Å². The van der Waals surface area contributed by atoms with Gasteiger partial charge in [0, 0.05) is 30.3 Å². The average molecular weight is 515 g/mol. The molecule has 3 aromatic carbocycles. The molecule has 37 heavy (non-hydrogen) atoms. The van der Waals surface area contributed by atoms with Gasteiger partial charge in [-0.2, -0.15) is 11.8 Å². The standard InChI is InChI=1S/C31H34N2O3S/c1-24-3-9-27(10-4-24)28-11-5-26(6-12-28)20-37-21-30-19-35-31(36-30,22-33-18-17-32-23-33)16-15-25-7-13-29(34-2)14-8-25/h3-14,17-18,23,30H,15-16,19-22H2,1-2H3. The van der Waals surface area contributed by atoms with Crippen LogP contribution in [0.25, 0.3) is 11.1 Å². The SMILES string of the molecule is COc1ccc(CCC2(Cn3ccnc3)OCC(CSCc3ccc(-c4ccc(C)cc4)cc3)O2)cc1. The molecule has 0 amide bonds. The van der Waals surface area contributed by atoms with Gasteiger partial charge in [0.1, 0.15) is 5.75 Å². The van der Waals surface area contributed by atoms with Crippen LogP contribution in [0.1, 0.15) is 23.1 Å². The van der Waals surface area contributed by atoms with Gasteiger partial charge in [-0.3, -0.25) is 0 Å². The molecule has 192 valence electrons. The Morgan fingerprint density at radius 1 is 0.973 bits per heavy atom. The highest BCUT2D eigenvalue weighted by atomic mass is 32.2. The first-order chi connectivity index (χ1) is 18.1. The molecule has 0 saturated carbocycles. The van der Waals surface area contributed by atoms with Gasteiger partial charge in [0.25, 0.3) is 0 Å². The van der Waals surface area contributed by atoms with E-state index in [1.54, 1.807) is 13.3 Å². The van der Waals surface area contributed by atoms with Crippen molar-refractivity contribution in [1.82, 2.24) is 9.55 Å². The highest BCUT2D eigenvalue weighted by Crippen LogP contribution is 2.33. The zero-order valence-corrected chi connectivity index (χ0v) is 22.3. The molecular formula is C31H34N2O3S. The molecule has 5 nitrogen and oxygen atoms in total. The number of imidazole rings is 1. The summed E-state index contributed by atoms with van der Waals surface area (Å²) in [4.78, 5) is 4.20. The lowest BCUT2D eigenvalue weighted by molar-refractivity contribution is -0.180. The molecule has 0 spiro atoms. The lowest BCUT2D eigenvalue weighted by Crippen LogP contribution is -2.37. The second-order valence-electron chi connectivity index (χ2n) is 9.62. The van der Waals surface area contributed by atoms with Crippen LogP contribution in [0, 0.1) is 6.92 Å². The molecule has 2 heterocycles. The van der Waals surface area contributed by atoms with E-state index in [9.17, 15) is 0 Å². The number of nitrogens with zero attached hydrogens (tertiary/aromatic N) is 2. The first-order valence-corrected chi connectivity index (χ1v) is 13.9. The molecule has 0 aliphatic carbocycles. The zero-order chi connectivity index (χ0) is 25.5. The van der Waals surface area contributed by atoms with Crippen LogP contribution in [0.3, 0.4) is 0 Å². The summed E-state index contributed by atoms with van der Waals surface area (Å²) in [6, 6.07) is 25.8. The number of aryl methyl sites for hydroxylation is 2. The number of hydrogen-bond acceptors (Lipinski definition) is 5. The molecular weight excluding hydrogens is 480 g/mol. The third-order valence-electron chi connectivity index (χ3n) is 6.76. The van der Waals surface area contributed by atoms with Gasteiger partial charge in [-0.15, -0.1) is 0 Å². The normalized spacial score (nSPS) is 19.2. The monoisotopic (exact) mass is 514 g/mol. The van der Waals surface area contributed by atoms with Crippen LogP contribution in [0.5, 0.6) is 5.75 Å². The van der Waals surface area contributed by atoms with Crippen molar-refractivity contribution in [3.8, 4) is 16.9 Å². The van der Waals surface area contributed by atoms with Crippen LogP contribution in [-0.2, 0) is 28.2 Å². The van der Waals surface area contributed by atoms with Crippen molar-refractivity contribution in [2.45, 2.75) is 44.0 Å². The Bertz CT molecular complexity index is 1240. The minimum absolute atomic E-state index is 0.0659. The largest absolute Gasteiger partial charge is 0.497 e. The van der Waals surface area contributed by atoms with E-state index in [1.165, 1.54) is 27.8 Å². The summed E-state index contributed by atoms with van der Waals surface area (Å²) in [7, 11) is 1.69. The van der Waals surface area contributed by atoms with Crippen molar-refractivity contribution < 1.29 is 14.2 Å². The molecule has 2 unspecified atom stereocenters. The van der Waals surface area contributed by atoms with Crippen molar-refractivity contribution in [3.05, 3.63) is 108 Å². The lowest BCUT2D eigenvalue weighted by atomic mass is 10.0. The molecule has 1 aliphatic heterocycles.